The van der Waals surface area contributed by atoms with Gasteiger partial charge < -0.3 is 5.32 Å². The molecule has 2 aromatic heterocycles. The van der Waals surface area contributed by atoms with Gasteiger partial charge in [-0.25, -0.2) is 4.98 Å². The van der Waals surface area contributed by atoms with Crippen molar-refractivity contribution in [3.05, 3.63) is 65.9 Å². The van der Waals surface area contributed by atoms with Crippen molar-refractivity contribution in [2.75, 3.05) is 5.32 Å². The predicted molar refractivity (Wildman–Crippen MR) is 83.0 cm³/mol. The van der Waals surface area contributed by atoms with E-state index in [-0.39, 0.29) is 11.6 Å². The van der Waals surface area contributed by atoms with E-state index >= 15 is 0 Å². The Kier molecular flexibility index (Phi) is 3.65. The number of rotatable bonds is 3. The Bertz CT molecular complexity index is 774. The highest BCUT2D eigenvalue weighted by Gasteiger charge is 2.11. The average Bonchev–Trinajstić information content (AvgIpc) is 3.05. The van der Waals surface area contributed by atoms with Gasteiger partial charge in [0.25, 0.3) is 5.91 Å². The van der Waals surface area contributed by atoms with Crippen LogP contribution in [0.5, 0.6) is 0 Å². The highest BCUT2D eigenvalue weighted by atomic mass is 16.1. The summed E-state index contributed by atoms with van der Waals surface area (Å²) in [6.45, 7) is 3.91. The molecule has 0 aliphatic rings. The van der Waals surface area contributed by atoms with Gasteiger partial charge in [-0.2, -0.15) is 0 Å². The van der Waals surface area contributed by atoms with Gasteiger partial charge >= 0.3 is 0 Å². The van der Waals surface area contributed by atoms with Crippen LogP contribution in [0.1, 0.15) is 21.6 Å². The Hall–Kier alpha value is -3.02. The number of anilines is 1. The van der Waals surface area contributed by atoms with E-state index in [0.717, 1.165) is 16.8 Å². The second-order valence-corrected chi connectivity index (χ2v) is 4.97. The number of benzene rings is 1. The smallest absolute Gasteiger partial charge is 0.276 e. The minimum absolute atomic E-state index is 0.270. The molecule has 1 aromatic carbocycles. The molecule has 3 aromatic rings. The molecule has 6 heteroatoms. The van der Waals surface area contributed by atoms with Crippen LogP contribution in [0.4, 0.5) is 5.69 Å². The molecule has 2 heterocycles. The predicted octanol–water partition coefficient (Wildman–Crippen LogP) is 2.53. The summed E-state index contributed by atoms with van der Waals surface area (Å²) in [5.41, 5.74) is 3.10. The molecular formula is C16H15N5O. The largest absolute Gasteiger partial charge is 0.320 e. The van der Waals surface area contributed by atoms with Crippen molar-refractivity contribution in [1.82, 2.24) is 19.7 Å². The lowest BCUT2D eigenvalue weighted by molar-refractivity contribution is 0.102. The molecule has 3 rings (SSSR count). The number of amides is 1. The van der Waals surface area contributed by atoms with Gasteiger partial charge in [0.15, 0.2) is 11.5 Å². The Morgan fingerprint density at radius 2 is 1.86 bits per heavy atom. The van der Waals surface area contributed by atoms with Crippen molar-refractivity contribution in [2.45, 2.75) is 13.8 Å². The van der Waals surface area contributed by atoms with E-state index in [4.69, 9.17) is 0 Å². The number of carbonyl (C=O) groups is 1. The van der Waals surface area contributed by atoms with Crippen molar-refractivity contribution in [1.29, 1.82) is 0 Å². The lowest BCUT2D eigenvalue weighted by Crippen LogP contribution is -2.16. The van der Waals surface area contributed by atoms with E-state index in [2.05, 4.69) is 20.5 Å². The van der Waals surface area contributed by atoms with Crippen molar-refractivity contribution in [3.8, 4) is 5.82 Å². The molecule has 0 spiro atoms. The lowest BCUT2D eigenvalue weighted by atomic mass is 10.1. The van der Waals surface area contributed by atoms with Gasteiger partial charge in [0.05, 0.1) is 0 Å². The zero-order valence-corrected chi connectivity index (χ0v) is 12.3. The molecule has 0 aliphatic heterocycles. The zero-order chi connectivity index (χ0) is 15.5. The zero-order valence-electron chi connectivity index (χ0n) is 12.3. The standard InChI is InChI=1S/C16H15N5O/c1-11-4-3-5-12(2)15(11)18-16(22)13-6-7-14(20-19-13)21-9-8-17-10-21/h3-10H,1-2H3,(H,18,22). The van der Waals surface area contributed by atoms with E-state index in [1.165, 1.54) is 0 Å². The summed E-state index contributed by atoms with van der Waals surface area (Å²) in [6.07, 6.45) is 5.05. The fourth-order valence-electron chi connectivity index (χ4n) is 2.17. The summed E-state index contributed by atoms with van der Waals surface area (Å²) >= 11 is 0. The number of hydrogen-bond acceptors (Lipinski definition) is 4. The quantitative estimate of drug-likeness (QED) is 0.805. The third-order valence-corrected chi connectivity index (χ3v) is 3.37. The summed E-state index contributed by atoms with van der Waals surface area (Å²) in [4.78, 5) is 16.2. The van der Waals surface area contributed by atoms with E-state index in [0.29, 0.717) is 5.82 Å². The van der Waals surface area contributed by atoms with Crippen LogP contribution >= 0.6 is 0 Å². The highest BCUT2D eigenvalue weighted by Crippen LogP contribution is 2.20. The summed E-state index contributed by atoms with van der Waals surface area (Å²) in [6, 6.07) is 9.24. The topological polar surface area (TPSA) is 72.7 Å². The number of para-hydroxylation sites is 1. The van der Waals surface area contributed by atoms with Crippen molar-refractivity contribution < 1.29 is 4.79 Å². The fraction of sp³-hybridized carbons (Fsp3) is 0.125. The number of nitrogens with zero attached hydrogens (tertiary/aromatic N) is 4. The maximum absolute atomic E-state index is 12.3. The molecular weight excluding hydrogens is 278 g/mol. The van der Waals surface area contributed by atoms with Gasteiger partial charge in [0.1, 0.15) is 6.33 Å². The van der Waals surface area contributed by atoms with Gasteiger partial charge in [-0.1, -0.05) is 18.2 Å². The van der Waals surface area contributed by atoms with Crippen LogP contribution in [0, 0.1) is 13.8 Å². The monoisotopic (exact) mass is 293 g/mol. The number of hydrogen-bond donors (Lipinski definition) is 1. The Balaban J connectivity index is 1.81. The minimum Gasteiger partial charge on any atom is -0.320 e. The highest BCUT2D eigenvalue weighted by molar-refractivity contribution is 6.03. The molecule has 110 valence electrons. The molecule has 0 bridgehead atoms. The number of nitrogens with one attached hydrogen (secondary N) is 1. The molecule has 1 N–H and O–H groups in total. The number of imidazole rings is 1. The Labute approximate surface area is 127 Å². The first-order chi connectivity index (χ1) is 10.6. The third kappa shape index (κ3) is 2.71. The summed E-state index contributed by atoms with van der Waals surface area (Å²) in [5, 5.41) is 10.9. The third-order valence-electron chi connectivity index (χ3n) is 3.37. The van der Waals surface area contributed by atoms with E-state index < -0.39 is 0 Å². The summed E-state index contributed by atoms with van der Waals surface area (Å²) < 4.78 is 1.72. The second-order valence-electron chi connectivity index (χ2n) is 4.97. The van der Waals surface area contributed by atoms with Crippen LogP contribution in [-0.4, -0.2) is 25.7 Å². The lowest BCUT2D eigenvalue weighted by Gasteiger charge is -2.10. The number of carbonyl (C=O) groups excluding carboxylic acids is 1. The first-order valence-corrected chi connectivity index (χ1v) is 6.85. The molecule has 6 nitrogen and oxygen atoms in total. The Morgan fingerprint density at radius 3 is 2.45 bits per heavy atom. The maximum Gasteiger partial charge on any atom is 0.276 e. The Morgan fingerprint density at radius 1 is 1.09 bits per heavy atom. The van der Waals surface area contributed by atoms with Gasteiger partial charge in [0, 0.05) is 18.1 Å². The van der Waals surface area contributed by atoms with E-state index in [1.807, 2.05) is 32.0 Å². The van der Waals surface area contributed by atoms with Crippen LogP contribution in [0.15, 0.2) is 49.1 Å². The average molecular weight is 293 g/mol. The molecule has 0 unspecified atom stereocenters. The van der Waals surface area contributed by atoms with Gasteiger partial charge in [-0.05, 0) is 37.1 Å². The van der Waals surface area contributed by atoms with Crippen LogP contribution in [0.3, 0.4) is 0 Å². The molecule has 0 aliphatic carbocycles. The van der Waals surface area contributed by atoms with Gasteiger partial charge in [-0.3, -0.25) is 9.36 Å². The first-order valence-electron chi connectivity index (χ1n) is 6.85. The fourth-order valence-corrected chi connectivity index (χ4v) is 2.17. The molecule has 0 saturated carbocycles. The number of aromatic nitrogens is 4. The summed E-state index contributed by atoms with van der Waals surface area (Å²) in [5.74, 6) is 0.336. The van der Waals surface area contributed by atoms with Gasteiger partial charge in [-0.15, -0.1) is 10.2 Å². The SMILES string of the molecule is Cc1cccc(C)c1NC(=O)c1ccc(-n2ccnc2)nn1. The molecule has 0 fully saturated rings. The van der Waals surface area contributed by atoms with Crippen LogP contribution in [0.25, 0.3) is 5.82 Å². The minimum atomic E-state index is -0.276. The summed E-state index contributed by atoms with van der Waals surface area (Å²) in [7, 11) is 0. The van der Waals surface area contributed by atoms with Crippen LogP contribution in [-0.2, 0) is 0 Å². The first kappa shape index (κ1) is 13.9. The van der Waals surface area contributed by atoms with Crippen LogP contribution in [0.2, 0.25) is 0 Å². The molecule has 22 heavy (non-hydrogen) atoms. The van der Waals surface area contributed by atoms with Crippen LogP contribution < -0.4 is 5.32 Å². The van der Waals surface area contributed by atoms with E-state index in [9.17, 15) is 4.79 Å². The maximum atomic E-state index is 12.3. The molecule has 0 atom stereocenters. The second kappa shape index (κ2) is 5.77. The molecule has 1 amide bonds. The van der Waals surface area contributed by atoms with Crippen molar-refractivity contribution >= 4 is 11.6 Å². The number of aryl methyl sites for hydroxylation is 2. The van der Waals surface area contributed by atoms with Gasteiger partial charge in [0.2, 0.25) is 0 Å². The van der Waals surface area contributed by atoms with Crippen molar-refractivity contribution in [2.24, 2.45) is 0 Å². The molecule has 0 saturated heterocycles. The van der Waals surface area contributed by atoms with Crippen molar-refractivity contribution in [3.63, 3.8) is 0 Å². The normalized spacial score (nSPS) is 10.5. The molecule has 0 radical (unpaired) electrons. The van der Waals surface area contributed by atoms with E-state index in [1.54, 1.807) is 35.4 Å².